The van der Waals surface area contributed by atoms with Crippen LogP contribution in [0.25, 0.3) is 0 Å². The second-order valence-electron chi connectivity index (χ2n) is 6.11. The van der Waals surface area contributed by atoms with E-state index >= 15 is 0 Å². The summed E-state index contributed by atoms with van der Waals surface area (Å²) in [6.45, 7) is 14.7. The average molecular weight is 268 g/mol. The van der Waals surface area contributed by atoms with Crippen LogP contribution in [-0.2, 0) is 9.53 Å². The summed E-state index contributed by atoms with van der Waals surface area (Å²) in [6, 6.07) is 0.141. The van der Waals surface area contributed by atoms with Crippen molar-refractivity contribution in [1.29, 1.82) is 0 Å². The molecule has 0 aromatic heterocycles. The number of nitrogens with zero attached hydrogens (tertiary/aromatic N) is 1. The molecule has 4 nitrogen and oxygen atoms in total. The summed E-state index contributed by atoms with van der Waals surface area (Å²) in [5.74, 6) is 0.0872. The molecule has 110 valence electrons. The molecular weight excluding hydrogens is 240 g/mol. The second-order valence-corrected chi connectivity index (χ2v) is 6.11. The van der Waals surface area contributed by atoms with Gasteiger partial charge in [0, 0.05) is 18.1 Å². The van der Waals surface area contributed by atoms with Crippen LogP contribution in [0.15, 0.2) is 12.7 Å². The standard InChI is InChI=1S/C15H28N2O2/c1-6-8-16-13-11-19-10-12(13)14(18)17(9-7-2)15(3,4)5/h7,12-13,16H,2,6,8-11H2,1,3-5H3. The van der Waals surface area contributed by atoms with E-state index in [0.29, 0.717) is 19.8 Å². The highest BCUT2D eigenvalue weighted by Gasteiger charge is 2.38. The molecule has 0 saturated carbocycles. The molecule has 2 unspecified atom stereocenters. The molecule has 0 aromatic rings. The zero-order valence-corrected chi connectivity index (χ0v) is 12.7. The van der Waals surface area contributed by atoms with Gasteiger partial charge in [-0.05, 0) is 33.7 Å². The Morgan fingerprint density at radius 2 is 2.16 bits per heavy atom. The van der Waals surface area contributed by atoms with E-state index in [2.05, 4.69) is 39.6 Å². The molecule has 0 aliphatic carbocycles. The Kier molecular flexibility index (Phi) is 6.01. The maximum absolute atomic E-state index is 12.7. The van der Waals surface area contributed by atoms with Gasteiger partial charge in [-0.2, -0.15) is 0 Å². The number of amides is 1. The third-order valence-corrected chi connectivity index (χ3v) is 3.44. The topological polar surface area (TPSA) is 41.6 Å². The minimum Gasteiger partial charge on any atom is -0.379 e. The van der Waals surface area contributed by atoms with Crippen molar-refractivity contribution in [1.82, 2.24) is 10.2 Å². The first-order valence-electron chi connectivity index (χ1n) is 7.15. The lowest BCUT2D eigenvalue weighted by Gasteiger charge is -2.37. The van der Waals surface area contributed by atoms with Gasteiger partial charge in [0.25, 0.3) is 0 Å². The number of ether oxygens (including phenoxy) is 1. The summed E-state index contributed by atoms with van der Waals surface area (Å²) < 4.78 is 5.49. The molecule has 1 amide bonds. The first-order valence-corrected chi connectivity index (χ1v) is 7.15. The van der Waals surface area contributed by atoms with Gasteiger partial charge in [0.05, 0.1) is 19.1 Å². The zero-order chi connectivity index (χ0) is 14.5. The van der Waals surface area contributed by atoms with Gasteiger partial charge in [-0.15, -0.1) is 6.58 Å². The summed E-state index contributed by atoms with van der Waals surface area (Å²) in [5.41, 5.74) is -0.191. The molecule has 0 aromatic carbocycles. The van der Waals surface area contributed by atoms with Crippen LogP contribution in [0.3, 0.4) is 0 Å². The lowest BCUT2D eigenvalue weighted by Crippen LogP contribution is -2.52. The third kappa shape index (κ3) is 4.32. The van der Waals surface area contributed by atoms with E-state index in [-0.39, 0.29) is 23.4 Å². The van der Waals surface area contributed by atoms with Crippen molar-refractivity contribution in [3.63, 3.8) is 0 Å². The molecule has 0 spiro atoms. The van der Waals surface area contributed by atoms with Gasteiger partial charge in [-0.3, -0.25) is 4.79 Å². The van der Waals surface area contributed by atoms with Gasteiger partial charge >= 0.3 is 0 Å². The van der Waals surface area contributed by atoms with E-state index in [1.807, 2.05) is 4.90 Å². The number of hydrogen-bond donors (Lipinski definition) is 1. The molecule has 1 aliphatic heterocycles. The average Bonchev–Trinajstić information content (AvgIpc) is 2.79. The number of hydrogen-bond acceptors (Lipinski definition) is 3. The van der Waals surface area contributed by atoms with Crippen LogP contribution in [0.5, 0.6) is 0 Å². The van der Waals surface area contributed by atoms with Crippen LogP contribution >= 0.6 is 0 Å². The Hall–Kier alpha value is -0.870. The molecule has 1 aliphatic rings. The van der Waals surface area contributed by atoms with E-state index < -0.39 is 0 Å². The van der Waals surface area contributed by atoms with Gasteiger partial charge < -0.3 is 15.0 Å². The van der Waals surface area contributed by atoms with E-state index in [1.54, 1.807) is 6.08 Å². The van der Waals surface area contributed by atoms with Gasteiger partial charge in [-0.1, -0.05) is 13.0 Å². The quantitative estimate of drug-likeness (QED) is 0.747. The second kappa shape index (κ2) is 7.06. The molecule has 19 heavy (non-hydrogen) atoms. The predicted octanol–water partition coefficient (Wildman–Crippen LogP) is 1.81. The minimum atomic E-state index is -0.191. The molecule has 2 atom stereocenters. The van der Waals surface area contributed by atoms with Crippen molar-refractivity contribution in [3.05, 3.63) is 12.7 Å². The van der Waals surface area contributed by atoms with Gasteiger partial charge in [0.2, 0.25) is 5.91 Å². The molecule has 1 rings (SSSR count). The molecule has 0 bridgehead atoms. The van der Waals surface area contributed by atoms with Gasteiger partial charge in [0.15, 0.2) is 0 Å². The Morgan fingerprint density at radius 1 is 1.47 bits per heavy atom. The first kappa shape index (κ1) is 16.2. The SMILES string of the molecule is C=CCN(C(=O)C1COCC1NCCC)C(C)(C)C. The fourth-order valence-electron chi connectivity index (χ4n) is 2.35. The predicted molar refractivity (Wildman–Crippen MR) is 78.1 cm³/mol. The van der Waals surface area contributed by atoms with E-state index in [9.17, 15) is 4.79 Å². The van der Waals surface area contributed by atoms with Crippen molar-refractivity contribution in [2.24, 2.45) is 5.92 Å². The summed E-state index contributed by atoms with van der Waals surface area (Å²) in [5, 5.41) is 3.41. The van der Waals surface area contributed by atoms with Crippen molar-refractivity contribution >= 4 is 5.91 Å². The maximum atomic E-state index is 12.7. The van der Waals surface area contributed by atoms with Crippen LogP contribution in [0, 0.1) is 5.92 Å². The number of nitrogens with one attached hydrogen (secondary N) is 1. The summed E-state index contributed by atoms with van der Waals surface area (Å²) in [6.07, 6.45) is 2.85. The molecule has 1 N–H and O–H groups in total. The summed E-state index contributed by atoms with van der Waals surface area (Å²) in [7, 11) is 0. The van der Waals surface area contributed by atoms with Crippen LogP contribution in [0.2, 0.25) is 0 Å². The maximum Gasteiger partial charge on any atom is 0.230 e. The Bertz CT molecular complexity index is 310. The van der Waals surface area contributed by atoms with Crippen LogP contribution in [0.4, 0.5) is 0 Å². The Balaban J connectivity index is 2.75. The zero-order valence-electron chi connectivity index (χ0n) is 12.7. The van der Waals surface area contributed by atoms with E-state index in [0.717, 1.165) is 13.0 Å². The molecule has 1 heterocycles. The van der Waals surface area contributed by atoms with Gasteiger partial charge in [0.1, 0.15) is 0 Å². The Labute approximate surface area is 117 Å². The summed E-state index contributed by atoms with van der Waals surface area (Å²) in [4.78, 5) is 14.6. The number of carbonyl (C=O) groups excluding carboxylic acids is 1. The first-order chi connectivity index (χ1) is 8.91. The van der Waals surface area contributed by atoms with Crippen LogP contribution in [0.1, 0.15) is 34.1 Å². The van der Waals surface area contributed by atoms with Crippen molar-refractivity contribution in [2.45, 2.75) is 45.7 Å². The lowest BCUT2D eigenvalue weighted by atomic mass is 9.97. The highest BCUT2D eigenvalue weighted by molar-refractivity contribution is 5.81. The molecule has 1 fully saturated rings. The molecule has 0 radical (unpaired) electrons. The number of carbonyl (C=O) groups is 1. The number of rotatable bonds is 6. The van der Waals surface area contributed by atoms with Crippen LogP contribution in [-0.4, -0.2) is 48.7 Å². The summed E-state index contributed by atoms with van der Waals surface area (Å²) >= 11 is 0. The molecular formula is C15H28N2O2. The molecule has 4 heteroatoms. The monoisotopic (exact) mass is 268 g/mol. The lowest BCUT2D eigenvalue weighted by molar-refractivity contribution is -0.140. The van der Waals surface area contributed by atoms with E-state index in [4.69, 9.17) is 4.74 Å². The third-order valence-electron chi connectivity index (χ3n) is 3.44. The fraction of sp³-hybridized carbons (Fsp3) is 0.800. The highest BCUT2D eigenvalue weighted by atomic mass is 16.5. The van der Waals surface area contributed by atoms with Crippen molar-refractivity contribution < 1.29 is 9.53 Å². The normalized spacial score (nSPS) is 23.4. The highest BCUT2D eigenvalue weighted by Crippen LogP contribution is 2.22. The van der Waals surface area contributed by atoms with Crippen LogP contribution < -0.4 is 5.32 Å². The smallest absolute Gasteiger partial charge is 0.230 e. The Morgan fingerprint density at radius 3 is 2.68 bits per heavy atom. The molecule has 1 saturated heterocycles. The van der Waals surface area contributed by atoms with Gasteiger partial charge in [-0.25, -0.2) is 0 Å². The largest absolute Gasteiger partial charge is 0.379 e. The fourth-order valence-corrected chi connectivity index (χ4v) is 2.35. The van der Waals surface area contributed by atoms with Crippen molar-refractivity contribution in [3.8, 4) is 0 Å². The minimum absolute atomic E-state index is 0.0780. The van der Waals surface area contributed by atoms with Crippen molar-refractivity contribution in [2.75, 3.05) is 26.3 Å². The van der Waals surface area contributed by atoms with E-state index in [1.165, 1.54) is 0 Å².